The molecule has 4 rings (SSSR count). The average molecular weight is 433 g/mol. The summed E-state index contributed by atoms with van der Waals surface area (Å²) in [6.07, 6.45) is -2.79. The van der Waals surface area contributed by atoms with Gasteiger partial charge in [-0.1, -0.05) is 12.1 Å². The zero-order valence-corrected chi connectivity index (χ0v) is 17.7. The minimum absolute atomic E-state index is 0.176. The third-order valence-corrected chi connectivity index (χ3v) is 5.87. The lowest BCUT2D eigenvalue weighted by molar-refractivity contribution is -0.147. The molecule has 8 heteroatoms. The van der Waals surface area contributed by atoms with Gasteiger partial charge in [-0.2, -0.15) is 13.2 Å². The number of likely N-dealkylation sites (tertiary alicyclic amines) is 1. The van der Waals surface area contributed by atoms with Crippen molar-refractivity contribution in [1.29, 1.82) is 0 Å². The maximum absolute atomic E-state index is 13.6. The molecule has 3 aromatic rings. The first kappa shape index (κ1) is 21.5. The molecule has 0 amide bonds. The molecule has 2 heterocycles. The van der Waals surface area contributed by atoms with Gasteiger partial charge < -0.3 is 14.0 Å². The number of imidazole rings is 1. The molecule has 0 unspecified atom stereocenters. The third kappa shape index (κ3) is 4.79. The largest absolute Gasteiger partial charge is 0.497 e. The second kappa shape index (κ2) is 8.78. The van der Waals surface area contributed by atoms with E-state index in [1.54, 1.807) is 38.5 Å². The zero-order valence-electron chi connectivity index (χ0n) is 17.7. The predicted octanol–water partition coefficient (Wildman–Crippen LogP) is 4.98. The molecular formula is C23H26F3N3O2. The van der Waals surface area contributed by atoms with E-state index in [1.165, 1.54) is 4.57 Å². The molecule has 166 valence electrons. The Kier molecular flexibility index (Phi) is 6.09. The van der Waals surface area contributed by atoms with Gasteiger partial charge in [0.1, 0.15) is 11.5 Å². The molecule has 5 nitrogen and oxygen atoms in total. The van der Waals surface area contributed by atoms with Gasteiger partial charge in [0.25, 0.3) is 0 Å². The quantitative estimate of drug-likeness (QED) is 0.550. The van der Waals surface area contributed by atoms with Gasteiger partial charge in [0.05, 0.1) is 25.3 Å². The lowest BCUT2D eigenvalue weighted by Crippen LogP contribution is -2.35. The van der Waals surface area contributed by atoms with Gasteiger partial charge in [0, 0.05) is 19.2 Å². The highest BCUT2D eigenvalue weighted by molar-refractivity contribution is 5.76. The molecule has 1 aromatic heterocycles. The summed E-state index contributed by atoms with van der Waals surface area (Å²) in [6, 6.07) is 12.6. The normalized spacial score (nSPS) is 16.0. The van der Waals surface area contributed by atoms with Crippen LogP contribution in [-0.2, 0) is 19.3 Å². The maximum atomic E-state index is 13.6. The molecule has 1 fully saturated rings. The Hall–Kier alpha value is -2.74. The van der Waals surface area contributed by atoms with Crippen molar-refractivity contribution >= 4 is 11.0 Å². The fourth-order valence-corrected chi connectivity index (χ4v) is 4.28. The molecule has 31 heavy (non-hydrogen) atoms. The number of aromatic nitrogens is 2. The van der Waals surface area contributed by atoms with Crippen LogP contribution in [0.4, 0.5) is 13.2 Å². The summed E-state index contributed by atoms with van der Waals surface area (Å²) in [5.41, 5.74) is 2.02. The van der Waals surface area contributed by atoms with Crippen LogP contribution in [0.3, 0.4) is 0 Å². The molecule has 1 aliphatic heterocycles. The molecule has 0 atom stereocenters. The van der Waals surface area contributed by atoms with E-state index in [2.05, 4.69) is 9.88 Å². The van der Waals surface area contributed by atoms with E-state index in [0.717, 1.165) is 49.5 Å². The highest BCUT2D eigenvalue weighted by Gasteiger charge is 2.38. The molecule has 0 spiro atoms. The second-order valence-electron chi connectivity index (χ2n) is 7.97. The Labute approximate surface area is 179 Å². The summed E-state index contributed by atoms with van der Waals surface area (Å²) in [6.45, 7) is 2.74. The summed E-state index contributed by atoms with van der Waals surface area (Å²) >= 11 is 0. The minimum atomic E-state index is -4.47. The Morgan fingerprint density at radius 1 is 1.00 bits per heavy atom. The summed E-state index contributed by atoms with van der Waals surface area (Å²) in [4.78, 5) is 6.18. The zero-order chi connectivity index (χ0) is 22.0. The summed E-state index contributed by atoms with van der Waals surface area (Å²) in [5, 5.41) is 0. The van der Waals surface area contributed by atoms with Crippen molar-refractivity contribution in [2.75, 3.05) is 27.3 Å². The molecule has 2 aromatic carbocycles. The van der Waals surface area contributed by atoms with Crippen LogP contribution >= 0.6 is 0 Å². The molecular weight excluding hydrogens is 407 g/mol. The van der Waals surface area contributed by atoms with E-state index < -0.39 is 12.0 Å². The van der Waals surface area contributed by atoms with Gasteiger partial charge in [-0.3, -0.25) is 4.90 Å². The topological polar surface area (TPSA) is 39.5 Å². The Bertz CT molecular complexity index is 1020. The highest BCUT2D eigenvalue weighted by Crippen LogP contribution is 2.33. The predicted molar refractivity (Wildman–Crippen MR) is 112 cm³/mol. The SMILES string of the molecule is COc1cc(CN2CCC(Cn3c(C(F)(F)F)nc4ccccc43)CC2)cc(OC)c1. The number of para-hydroxylation sites is 2. The second-order valence-corrected chi connectivity index (χ2v) is 7.97. The molecule has 0 N–H and O–H groups in total. The van der Waals surface area contributed by atoms with E-state index in [-0.39, 0.29) is 5.92 Å². The van der Waals surface area contributed by atoms with Crippen LogP contribution in [0.2, 0.25) is 0 Å². The van der Waals surface area contributed by atoms with Crippen molar-refractivity contribution in [3.05, 3.63) is 53.9 Å². The monoisotopic (exact) mass is 433 g/mol. The minimum Gasteiger partial charge on any atom is -0.497 e. The number of piperidine rings is 1. The van der Waals surface area contributed by atoms with Gasteiger partial charge in [-0.25, -0.2) is 4.98 Å². The van der Waals surface area contributed by atoms with Crippen LogP contribution < -0.4 is 9.47 Å². The van der Waals surface area contributed by atoms with Crippen LogP contribution in [0.1, 0.15) is 24.2 Å². The van der Waals surface area contributed by atoms with E-state index >= 15 is 0 Å². The summed E-state index contributed by atoms with van der Waals surface area (Å²) < 4.78 is 52.7. The number of nitrogens with zero attached hydrogens (tertiary/aromatic N) is 3. The summed E-state index contributed by atoms with van der Waals surface area (Å²) in [5.74, 6) is 0.862. The molecule has 0 saturated carbocycles. The van der Waals surface area contributed by atoms with E-state index in [0.29, 0.717) is 17.6 Å². The first-order valence-corrected chi connectivity index (χ1v) is 10.3. The van der Waals surface area contributed by atoms with Crippen molar-refractivity contribution in [1.82, 2.24) is 14.5 Å². The van der Waals surface area contributed by atoms with Crippen LogP contribution in [0, 0.1) is 5.92 Å². The number of rotatable bonds is 6. The Morgan fingerprint density at radius 2 is 1.65 bits per heavy atom. The number of alkyl halides is 3. The Balaban J connectivity index is 1.44. The van der Waals surface area contributed by atoms with E-state index in [4.69, 9.17) is 9.47 Å². The smallest absolute Gasteiger partial charge is 0.449 e. The molecule has 0 bridgehead atoms. The van der Waals surface area contributed by atoms with Gasteiger partial charge in [0.2, 0.25) is 5.82 Å². The van der Waals surface area contributed by atoms with Gasteiger partial charge in [-0.15, -0.1) is 0 Å². The fourth-order valence-electron chi connectivity index (χ4n) is 4.28. The van der Waals surface area contributed by atoms with Crippen molar-refractivity contribution in [2.24, 2.45) is 5.92 Å². The number of halogens is 3. The average Bonchev–Trinajstić information content (AvgIpc) is 3.14. The number of benzene rings is 2. The highest BCUT2D eigenvalue weighted by atomic mass is 19.4. The van der Waals surface area contributed by atoms with Crippen LogP contribution in [0.15, 0.2) is 42.5 Å². The van der Waals surface area contributed by atoms with E-state index in [1.807, 2.05) is 18.2 Å². The van der Waals surface area contributed by atoms with E-state index in [9.17, 15) is 13.2 Å². The first-order chi connectivity index (χ1) is 14.9. The van der Waals surface area contributed by atoms with Crippen molar-refractivity contribution in [2.45, 2.75) is 32.1 Å². The number of methoxy groups -OCH3 is 2. The number of hydrogen-bond acceptors (Lipinski definition) is 4. The van der Waals surface area contributed by atoms with Crippen molar-refractivity contribution in [3.8, 4) is 11.5 Å². The fraction of sp³-hybridized carbons (Fsp3) is 0.435. The van der Waals surface area contributed by atoms with Gasteiger partial charge >= 0.3 is 6.18 Å². The molecule has 1 saturated heterocycles. The molecule has 0 radical (unpaired) electrons. The van der Waals surface area contributed by atoms with Crippen LogP contribution in [0.5, 0.6) is 11.5 Å². The van der Waals surface area contributed by atoms with Gasteiger partial charge in [0.15, 0.2) is 0 Å². The van der Waals surface area contributed by atoms with Crippen molar-refractivity contribution in [3.63, 3.8) is 0 Å². The number of ether oxygens (including phenoxy) is 2. The first-order valence-electron chi connectivity index (χ1n) is 10.3. The molecule has 1 aliphatic rings. The van der Waals surface area contributed by atoms with Crippen LogP contribution in [-0.4, -0.2) is 41.8 Å². The number of fused-ring (bicyclic) bond motifs is 1. The van der Waals surface area contributed by atoms with Crippen molar-refractivity contribution < 1.29 is 22.6 Å². The lowest BCUT2D eigenvalue weighted by Gasteiger charge is -2.32. The maximum Gasteiger partial charge on any atom is 0.449 e. The standard InChI is InChI=1S/C23H26F3N3O2/c1-30-18-11-17(12-19(13-18)31-2)14-28-9-7-16(8-10-28)15-29-21-6-4-3-5-20(21)27-22(29)23(24,25)26/h3-6,11-13,16H,7-10,14-15H2,1-2H3. The number of hydrogen-bond donors (Lipinski definition) is 0. The van der Waals surface area contributed by atoms with Crippen LogP contribution in [0.25, 0.3) is 11.0 Å². The Morgan fingerprint density at radius 3 is 2.26 bits per heavy atom. The molecule has 0 aliphatic carbocycles. The lowest BCUT2D eigenvalue weighted by atomic mass is 9.96. The van der Waals surface area contributed by atoms with Gasteiger partial charge in [-0.05, 0) is 61.7 Å². The summed E-state index contributed by atoms with van der Waals surface area (Å²) in [7, 11) is 3.25. The third-order valence-electron chi connectivity index (χ3n) is 5.87.